The van der Waals surface area contributed by atoms with E-state index in [1.807, 2.05) is 27.7 Å². The Hall–Kier alpha value is -0.280. The number of fused-ring (bicyclic) bond motifs is 3. The average molecular weight is 274 g/mol. The molecule has 7 nitrogen and oxygen atoms in total. The normalized spacial score (nSPS) is 48.6. The van der Waals surface area contributed by atoms with Gasteiger partial charge in [0, 0.05) is 0 Å². The fourth-order valence-electron chi connectivity index (χ4n) is 3.05. The lowest BCUT2D eigenvalue weighted by Crippen LogP contribution is -2.64. The topological polar surface area (TPSA) is 71.2 Å². The van der Waals surface area contributed by atoms with E-state index in [0.29, 0.717) is 6.61 Å². The van der Waals surface area contributed by atoms with Gasteiger partial charge in [0.1, 0.15) is 12.7 Å². The second kappa shape index (κ2) is 3.30. The van der Waals surface area contributed by atoms with E-state index < -0.39 is 29.3 Å². The average Bonchev–Trinajstić information content (AvgIpc) is 2.94. The minimum absolute atomic E-state index is 0.229. The van der Waals surface area contributed by atoms with Crippen LogP contribution in [0, 0.1) is 0 Å². The minimum Gasteiger partial charge on any atom is -0.345 e. The van der Waals surface area contributed by atoms with Gasteiger partial charge in [-0.15, -0.1) is 0 Å². The smallest absolute Gasteiger partial charge is 0.317 e. The van der Waals surface area contributed by atoms with Gasteiger partial charge in [-0.1, -0.05) is 0 Å². The van der Waals surface area contributed by atoms with Crippen LogP contribution in [-0.2, 0) is 33.5 Å². The molecule has 4 saturated heterocycles. The predicted molar refractivity (Wildman–Crippen MR) is 58.5 cm³/mol. The molecule has 4 heterocycles. The van der Waals surface area contributed by atoms with E-state index in [1.165, 1.54) is 0 Å². The highest BCUT2D eigenvalue weighted by molar-refractivity contribution is 5.10. The Morgan fingerprint density at radius 1 is 0.895 bits per heavy atom. The fourth-order valence-corrected chi connectivity index (χ4v) is 3.05. The van der Waals surface area contributed by atoms with Crippen molar-refractivity contribution in [2.75, 3.05) is 13.2 Å². The van der Waals surface area contributed by atoms with Crippen molar-refractivity contribution in [1.29, 1.82) is 0 Å². The molecule has 0 bridgehead atoms. The molecule has 0 radical (unpaired) electrons. The maximum atomic E-state index is 5.90. The summed E-state index contributed by atoms with van der Waals surface area (Å²) in [6.07, 6.45) is -0.635. The molecule has 3 atom stereocenters. The van der Waals surface area contributed by atoms with E-state index in [2.05, 4.69) is 0 Å². The van der Waals surface area contributed by atoms with Crippen LogP contribution in [-0.4, -0.2) is 48.6 Å². The zero-order valence-electron chi connectivity index (χ0n) is 11.4. The summed E-state index contributed by atoms with van der Waals surface area (Å²) in [5.74, 6) is -3.63. The largest absolute Gasteiger partial charge is 0.345 e. The van der Waals surface area contributed by atoms with Crippen LogP contribution in [0.15, 0.2) is 0 Å². The van der Waals surface area contributed by atoms with Crippen molar-refractivity contribution in [1.82, 2.24) is 0 Å². The van der Waals surface area contributed by atoms with Crippen LogP contribution in [0.3, 0.4) is 0 Å². The van der Waals surface area contributed by atoms with Crippen LogP contribution in [0.2, 0.25) is 0 Å². The molecule has 0 N–H and O–H groups in total. The van der Waals surface area contributed by atoms with Crippen molar-refractivity contribution < 1.29 is 33.5 Å². The summed E-state index contributed by atoms with van der Waals surface area (Å²) < 4.78 is 29.0. The van der Waals surface area contributed by atoms with Gasteiger partial charge in [-0.25, -0.2) is 0 Å². The molecule has 7 heteroatoms. The van der Waals surface area contributed by atoms with E-state index in [4.69, 9.17) is 33.5 Å². The maximum absolute atomic E-state index is 5.90. The summed E-state index contributed by atoms with van der Waals surface area (Å²) >= 11 is 0. The Balaban J connectivity index is 1.67. The zero-order chi connectivity index (χ0) is 13.5. The summed E-state index contributed by atoms with van der Waals surface area (Å²) in [5, 5.41) is 0. The van der Waals surface area contributed by atoms with Crippen LogP contribution in [0.4, 0.5) is 0 Å². The Morgan fingerprint density at radius 2 is 1.63 bits per heavy atom. The Morgan fingerprint density at radius 3 is 2.21 bits per heavy atom. The van der Waals surface area contributed by atoms with Crippen molar-refractivity contribution in [2.24, 2.45) is 0 Å². The number of ether oxygens (including phenoxy) is 5. The first kappa shape index (κ1) is 12.5. The standard InChI is InChI=1S/C12H18O7/c1-9(2)14-6-11(17-9)12(18-19-12)8-7(5-13-11)15-10(3,4)16-8/h7-8H,5-6H2,1-4H3/t7-,8-,11+/m1/s1. The van der Waals surface area contributed by atoms with Gasteiger partial charge < -0.3 is 23.7 Å². The molecule has 0 aliphatic carbocycles. The van der Waals surface area contributed by atoms with E-state index >= 15 is 0 Å². The first-order valence-corrected chi connectivity index (χ1v) is 6.48. The van der Waals surface area contributed by atoms with Gasteiger partial charge in [-0.2, -0.15) is 9.78 Å². The first-order chi connectivity index (χ1) is 8.78. The molecule has 2 spiro atoms. The molecule has 4 aliphatic heterocycles. The summed E-state index contributed by atoms with van der Waals surface area (Å²) in [5.41, 5.74) is 0. The number of rotatable bonds is 0. The zero-order valence-corrected chi connectivity index (χ0v) is 11.4. The van der Waals surface area contributed by atoms with Gasteiger partial charge in [0.2, 0.25) is 0 Å². The molecule has 0 saturated carbocycles. The SMILES string of the molecule is CC1(C)O[C@@H]2[C@@H](CO[C@]3(COC(C)(C)O3)C23OO3)O1. The molecule has 108 valence electrons. The van der Waals surface area contributed by atoms with E-state index in [0.717, 1.165) is 0 Å². The lowest BCUT2D eigenvalue weighted by atomic mass is 9.94. The molecule has 4 rings (SSSR count). The van der Waals surface area contributed by atoms with E-state index in [1.54, 1.807) is 0 Å². The molecule has 19 heavy (non-hydrogen) atoms. The summed E-state index contributed by atoms with van der Waals surface area (Å²) in [4.78, 5) is 10.5. The van der Waals surface area contributed by atoms with Gasteiger partial charge in [-0.3, -0.25) is 0 Å². The summed E-state index contributed by atoms with van der Waals surface area (Å²) in [7, 11) is 0. The van der Waals surface area contributed by atoms with Crippen molar-refractivity contribution >= 4 is 0 Å². The third-order valence-electron chi connectivity index (χ3n) is 3.85. The Kier molecular flexibility index (Phi) is 2.17. The predicted octanol–water partition coefficient (Wildman–Crippen LogP) is 0.674. The highest BCUT2D eigenvalue weighted by Gasteiger charge is 2.81. The third kappa shape index (κ3) is 1.58. The Labute approximate surface area is 110 Å². The van der Waals surface area contributed by atoms with Crippen LogP contribution in [0.1, 0.15) is 27.7 Å². The summed E-state index contributed by atoms with van der Waals surface area (Å²) in [6, 6.07) is 0. The van der Waals surface area contributed by atoms with Gasteiger partial charge in [0.15, 0.2) is 17.7 Å². The quantitative estimate of drug-likeness (QED) is 0.475. The van der Waals surface area contributed by atoms with Crippen molar-refractivity contribution in [2.45, 2.75) is 63.1 Å². The molecule has 0 aromatic heterocycles. The minimum atomic E-state index is -1.10. The van der Waals surface area contributed by atoms with Crippen molar-refractivity contribution in [3.63, 3.8) is 0 Å². The van der Waals surface area contributed by atoms with Gasteiger partial charge in [-0.05, 0) is 27.7 Å². The number of hydrogen-bond acceptors (Lipinski definition) is 7. The maximum Gasteiger partial charge on any atom is 0.317 e. The van der Waals surface area contributed by atoms with E-state index in [-0.39, 0.29) is 12.7 Å². The lowest BCUT2D eigenvalue weighted by molar-refractivity contribution is -0.323. The third-order valence-corrected chi connectivity index (χ3v) is 3.85. The molecular formula is C12H18O7. The molecule has 4 aliphatic rings. The van der Waals surface area contributed by atoms with Gasteiger partial charge in [0.25, 0.3) is 5.79 Å². The van der Waals surface area contributed by atoms with Gasteiger partial charge >= 0.3 is 5.79 Å². The molecule has 4 fully saturated rings. The van der Waals surface area contributed by atoms with E-state index in [9.17, 15) is 0 Å². The van der Waals surface area contributed by atoms with Crippen LogP contribution >= 0.6 is 0 Å². The van der Waals surface area contributed by atoms with Crippen molar-refractivity contribution in [3.8, 4) is 0 Å². The molecule has 0 amide bonds. The molecule has 0 aromatic carbocycles. The summed E-state index contributed by atoms with van der Waals surface area (Å²) in [6.45, 7) is 7.93. The van der Waals surface area contributed by atoms with Gasteiger partial charge in [0.05, 0.1) is 6.61 Å². The molecule has 0 unspecified atom stereocenters. The fraction of sp³-hybridized carbons (Fsp3) is 1.00. The van der Waals surface area contributed by atoms with Crippen LogP contribution in [0.25, 0.3) is 0 Å². The molecule has 0 aromatic rings. The van der Waals surface area contributed by atoms with Crippen LogP contribution < -0.4 is 0 Å². The second-order valence-electron chi connectivity index (χ2n) is 6.28. The highest BCUT2D eigenvalue weighted by atomic mass is 17.4. The number of hydrogen-bond donors (Lipinski definition) is 0. The highest BCUT2D eigenvalue weighted by Crippen LogP contribution is 2.57. The Bertz CT molecular complexity index is 414. The molecular weight excluding hydrogens is 256 g/mol. The van der Waals surface area contributed by atoms with Crippen molar-refractivity contribution in [3.05, 3.63) is 0 Å². The van der Waals surface area contributed by atoms with Crippen LogP contribution in [0.5, 0.6) is 0 Å². The lowest BCUT2D eigenvalue weighted by Gasteiger charge is -2.39. The second-order valence-corrected chi connectivity index (χ2v) is 6.28. The first-order valence-electron chi connectivity index (χ1n) is 6.48. The monoisotopic (exact) mass is 274 g/mol.